The third-order valence-corrected chi connectivity index (χ3v) is 3.77. The molecule has 23 heavy (non-hydrogen) atoms. The van der Waals surface area contributed by atoms with Crippen LogP contribution >= 0.6 is 0 Å². The summed E-state index contributed by atoms with van der Waals surface area (Å²) < 4.78 is 0. The summed E-state index contributed by atoms with van der Waals surface area (Å²) in [6, 6.07) is 17.8. The molecular formula is C19H25N3O. The van der Waals surface area contributed by atoms with E-state index in [9.17, 15) is 4.79 Å². The molecule has 0 aromatic heterocycles. The molecule has 0 aliphatic rings. The van der Waals surface area contributed by atoms with E-state index >= 15 is 0 Å². The molecule has 0 bridgehead atoms. The third kappa shape index (κ3) is 5.66. The lowest BCUT2D eigenvalue weighted by molar-refractivity contribution is -0.120. The molecule has 3 N–H and O–H groups in total. The van der Waals surface area contributed by atoms with Crippen LogP contribution in [-0.4, -0.2) is 25.5 Å². The van der Waals surface area contributed by atoms with Crippen molar-refractivity contribution in [2.75, 3.05) is 30.3 Å². The molecule has 122 valence electrons. The number of nitrogens with zero attached hydrogens (tertiary/aromatic N) is 1. The van der Waals surface area contributed by atoms with Gasteiger partial charge in [-0.1, -0.05) is 30.3 Å². The standard InChI is InChI=1S/C19H25N3O/c1-2-22(18-7-4-3-5-8-18)14-6-13-21-19(23)15-16-9-11-17(20)12-10-16/h3-5,7-12H,2,6,13-15,20H2,1H3,(H,21,23). The largest absolute Gasteiger partial charge is 0.399 e. The molecule has 0 heterocycles. The lowest BCUT2D eigenvalue weighted by atomic mass is 10.1. The van der Waals surface area contributed by atoms with E-state index in [2.05, 4.69) is 29.3 Å². The zero-order valence-corrected chi connectivity index (χ0v) is 13.7. The second-order valence-electron chi connectivity index (χ2n) is 5.54. The first-order valence-corrected chi connectivity index (χ1v) is 8.10. The van der Waals surface area contributed by atoms with Crippen LogP contribution in [0, 0.1) is 0 Å². The first-order valence-electron chi connectivity index (χ1n) is 8.10. The number of rotatable bonds is 8. The fraction of sp³-hybridized carbons (Fsp3) is 0.316. The molecule has 1 amide bonds. The molecule has 4 heteroatoms. The molecule has 0 radical (unpaired) electrons. The summed E-state index contributed by atoms with van der Waals surface area (Å²) >= 11 is 0. The van der Waals surface area contributed by atoms with Gasteiger partial charge in [-0.3, -0.25) is 4.79 Å². The topological polar surface area (TPSA) is 58.4 Å². The van der Waals surface area contributed by atoms with Crippen molar-refractivity contribution in [3.63, 3.8) is 0 Å². The Morgan fingerprint density at radius 1 is 1.09 bits per heavy atom. The Morgan fingerprint density at radius 3 is 2.43 bits per heavy atom. The van der Waals surface area contributed by atoms with Gasteiger partial charge >= 0.3 is 0 Å². The van der Waals surface area contributed by atoms with Crippen molar-refractivity contribution in [3.8, 4) is 0 Å². The summed E-state index contributed by atoms with van der Waals surface area (Å²) in [5, 5.41) is 2.98. The first-order chi connectivity index (χ1) is 11.2. The van der Waals surface area contributed by atoms with Gasteiger partial charge in [-0.05, 0) is 43.2 Å². The van der Waals surface area contributed by atoms with E-state index in [1.807, 2.05) is 42.5 Å². The van der Waals surface area contributed by atoms with Crippen molar-refractivity contribution in [3.05, 3.63) is 60.2 Å². The summed E-state index contributed by atoms with van der Waals surface area (Å²) in [6.45, 7) is 4.73. The van der Waals surface area contributed by atoms with Gasteiger partial charge in [0.2, 0.25) is 5.91 Å². The molecule has 2 aromatic rings. The van der Waals surface area contributed by atoms with Crippen molar-refractivity contribution in [2.45, 2.75) is 19.8 Å². The van der Waals surface area contributed by atoms with Crippen LogP contribution in [0.1, 0.15) is 18.9 Å². The minimum atomic E-state index is 0.0533. The van der Waals surface area contributed by atoms with E-state index in [1.54, 1.807) is 0 Å². The fourth-order valence-corrected chi connectivity index (χ4v) is 2.49. The van der Waals surface area contributed by atoms with Gasteiger partial charge in [-0.25, -0.2) is 0 Å². The van der Waals surface area contributed by atoms with Gasteiger partial charge in [0.15, 0.2) is 0 Å². The fourth-order valence-electron chi connectivity index (χ4n) is 2.49. The molecule has 0 atom stereocenters. The van der Waals surface area contributed by atoms with Crippen LogP contribution < -0.4 is 16.0 Å². The molecule has 2 aromatic carbocycles. The second kappa shape index (κ2) is 8.83. The summed E-state index contributed by atoms with van der Waals surface area (Å²) in [5.41, 5.74) is 8.57. The van der Waals surface area contributed by atoms with Crippen LogP contribution in [0.25, 0.3) is 0 Å². The molecule has 4 nitrogen and oxygen atoms in total. The highest BCUT2D eigenvalue weighted by molar-refractivity contribution is 5.78. The number of amides is 1. The Kier molecular flexibility index (Phi) is 6.48. The molecule has 0 saturated heterocycles. The number of anilines is 2. The quantitative estimate of drug-likeness (QED) is 0.582. The Labute approximate surface area is 138 Å². The SMILES string of the molecule is CCN(CCCNC(=O)Cc1ccc(N)cc1)c1ccccc1. The highest BCUT2D eigenvalue weighted by Gasteiger charge is 2.05. The first kappa shape index (κ1) is 16.9. The van der Waals surface area contributed by atoms with Gasteiger partial charge < -0.3 is 16.0 Å². The number of nitrogens with one attached hydrogen (secondary N) is 1. The Balaban J connectivity index is 1.70. The van der Waals surface area contributed by atoms with E-state index in [4.69, 9.17) is 5.73 Å². The van der Waals surface area contributed by atoms with E-state index in [-0.39, 0.29) is 5.91 Å². The maximum atomic E-state index is 11.9. The number of carbonyl (C=O) groups is 1. The van der Waals surface area contributed by atoms with E-state index < -0.39 is 0 Å². The van der Waals surface area contributed by atoms with Crippen molar-refractivity contribution in [1.29, 1.82) is 0 Å². The van der Waals surface area contributed by atoms with Gasteiger partial charge in [-0.15, -0.1) is 0 Å². The zero-order chi connectivity index (χ0) is 16.5. The number of carbonyl (C=O) groups excluding carboxylic acids is 1. The van der Waals surface area contributed by atoms with E-state index in [1.165, 1.54) is 5.69 Å². The van der Waals surface area contributed by atoms with Gasteiger partial charge in [0, 0.05) is 31.0 Å². The molecule has 0 saturated carbocycles. The molecule has 0 fully saturated rings. The second-order valence-corrected chi connectivity index (χ2v) is 5.54. The van der Waals surface area contributed by atoms with Crippen LogP contribution in [0.15, 0.2) is 54.6 Å². The molecule has 2 rings (SSSR count). The number of hydrogen-bond acceptors (Lipinski definition) is 3. The molecule has 0 unspecified atom stereocenters. The lowest BCUT2D eigenvalue weighted by Gasteiger charge is -2.23. The van der Waals surface area contributed by atoms with Gasteiger partial charge in [0.05, 0.1) is 6.42 Å². The van der Waals surface area contributed by atoms with Crippen LogP contribution in [-0.2, 0) is 11.2 Å². The maximum Gasteiger partial charge on any atom is 0.224 e. The smallest absolute Gasteiger partial charge is 0.224 e. The van der Waals surface area contributed by atoms with Gasteiger partial charge in [0.25, 0.3) is 0 Å². The van der Waals surface area contributed by atoms with E-state index in [0.29, 0.717) is 13.0 Å². The molecular weight excluding hydrogens is 286 g/mol. The van der Waals surface area contributed by atoms with Crippen molar-refractivity contribution in [1.82, 2.24) is 5.32 Å². The number of hydrogen-bond donors (Lipinski definition) is 2. The zero-order valence-electron chi connectivity index (χ0n) is 13.7. The van der Waals surface area contributed by atoms with E-state index in [0.717, 1.165) is 30.8 Å². The monoisotopic (exact) mass is 311 g/mol. The van der Waals surface area contributed by atoms with Crippen LogP contribution in [0.5, 0.6) is 0 Å². The summed E-state index contributed by atoms with van der Waals surface area (Å²) in [6.07, 6.45) is 1.33. The minimum absolute atomic E-state index is 0.0533. The Hall–Kier alpha value is -2.49. The van der Waals surface area contributed by atoms with Crippen molar-refractivity contribution < 1.29 is 4.79 Å². The molecule has 0 aliphatic carbocycles. The summed E-state index contributed by atoms with van der Waals surface area (Å²) in [7, 11) is 0. The highest BCUT2D eigenvalue weighted by atomic mass is 16.1. The summed E-state index contributed by atoms with van der Waals surface area (Å²) in [4.78, 5) is 14.2. The number of nitrogens with two attached hydrogens (primary N) is 1. The normalized spacial score (nSPS) is 10.3. The average molecular weight is 311 g/mol. The number of para-hydroxylation sites is 1. The predicted octanol–water partition coefficient (Wildman–Crippen LogP) is 2.84. The van der Waals surface area contributed by atoms with Crippen LogP contribution in [0.2, 0.25) is 0 Å². The molecule has 0 spiro atoms. The number of nitrogen functional groups attached to an aromatic ring is 1. The highest BCUT2D eigenvalue weighted by Crippen LogP contribution is 2.12. The minimum Gasteiger partial charge on any atom is -0.399 e. The van der Waals surface area contributed by atoms with Crippen molar-refractivity contribution in [2.24, 2.45) is 0 Å². The molecule has 0 aliphatic heterocycles. The Bertz CT molecular complexity index is 596. The van der Waals surface area contributed by atoms with Gasteiger partial charge in [-0.2, -0.15) is 0 Å². The third-order valence-electron chi connectivity index (χ3n) is 3.77. The summed E-state index contributed by atoms with van der Waals surface area (Å²) in [5.74, 6) is 0.0533. The average Bonchev–Trinajstić information content (AvgIpc) is 2.58. The van der Waals surface area contributed by atoms with Crippen LogP contribution in [0.4, 0.5) is 11.4 Å². The van der Waals surface area contributed by atoms with Crippen molar-refractivity contribution >= 4 is 17.3 Å². The van der Waals surface area contributed by atoms with Gasteiger partial charge in [0.1, 0.15) is 0 Å². The Morgan fingerprint density at radius 2 is 1.78 bits per heavy atom. The maximum absolute atomic E-state index is 11.9. The van der Waals surface area contributed by atoms with Crippen LogP contribution in [0.3, 0.4) is 0 Å². The number of benzene rings is 2. The predicted molar refractivity (Wildman–Crippen MR) is 96.5 cm³/mol. The lowest BCUT2D eigenvalue weighted by Crippen LogP contribution is -2.30.